The van der Waals surface area contributed by atoms with E-state index in [1.165, 1.54) is 0 Å². The molecule has 9 nitrogen and oxygen atoms in total. The summed E-state index contributed by atoms with van der Waals surface area (Å²) in [7, 11) is 0. The fraction of sp³-hybridized carbons (Fsp3) is 0.800. The van der Waals surface area contributed by atoms with Crippen molar-refractivity contribution >= 4 is 5.91 Å². The van der Waals surface area contributed by atoms with Crippen LogP contribution < -0.4 is 22.1 Å². The van der Waals surface area contributed by atoms with Crippen LogP contribution in [0, 0.1) is 5.92 Å². The Morgan fingerprint density at radius 1 is 1.33 bits per heavy atom. The lowest BCUT2D eigenvalue weighted by Gasteiger charge is -2.24. The first kappa shape index (κ1) is 18.8. The van der Waals surface area contributed by atoms with Crippen LogP contribution in [0.3, 0.4) is 0 Å². The molecule has 0 bridgehead atoms. The highest BCUT2D eigenvalue weighted by Gasteiger charge is 2.27. The SMILES string of the molecule is NCCCC[C@H](NC(=O)C1CCNCC1)c1nnc([C@@H](N)CO)o1. The Kier molecular flexibility index (Phi) is 7.57. The van der Waals surface area contributed by atoms with Gasteiger partial charge in [-0.2, -0.15) is 0 Å². The standard InChI is InChI=1S/C15H28N6O3/c16-6-2-1-3-12(15-21-20-14(24-15)11(17)9-22)19-13(23)10-4-7-18-8-5-10/h10-12,18,22H,1-9,16-17H2,(H,19,23)/t11-,12-/m0/s1. The lowest BCUT2D eigenvalue weighted by molar-refractivity contribution is -0.126. The quantitative estimate of drug-likeness (QED) is 0.372. The van der Waals surface area contributed by atoms with Gasteiger partial charge in [-0.25, -0.2) is 0 Å². The highest BCUT2D eigenvalue weighted by Crippen LogP contribution is 2.22. The van der Waals surface area contributed by atoms with E-state index in [4.69, 9.17) is 21.0 Å². The second-order valence-corrected chi connectivity index (χ2v) is 6.14. The number of aliphatic hydroxyl groups excluding tert-OH is 1. The average molecular weight is 340 g/mol. The van der Waals surface area contributed by atoms with Crippen LogP contribution in [0.25, 0.3) is 0 Å². The molecule has 24 heavy (non-hydrogen) atoms. The molecule has 1 aromatic rings. The number of hydrogen-bond donors (Lipinski definition) is 5. The van der Waals surface area contributed by atoms with E-state index in [9.17, 15) is 4.79 Å². The van der Waals surface area contributed by atoms with Crippen molar-refractivity contribution in [3.63, 3.8) is 0 Å². The number of amides is 1. The maximum Gasteiger partial charge on any atom is 0.238 e. The summed E-state index contributed by atoms with van der Waals surface area (Å²) in [5.41, 5.74) is 11.2. The molecule has 0 unspecified atom stereocenters. The number of aromatic nitrogens is 2. The molecular weight excluding hydrogens is 312 g/mol. The van der Waals surface area contributed by atoms with E-state index in [-0.39, 0.29) is 30.4 Å². The monoisotopic (exact) mass is 340 g/mol. The number of carbonyl (C=O) groups excluding carboxylic acids is 1. The normalized spacial score (nSPS) is 18.3. The fourth-order valence-corrected chi connectivity index (χ4v) is 2.74. The van der Waals surface area contributed by atoms with Crippen molar-refractivity contribution in [3.8, 4) is 0 Å². The highest BCUT2D eigenvalue weighted by atomic mass is 16.4. The maximum atomic E-state index is 12.5. The van der Waals surface area contributed by atoms with Crippen molar-refractivity contribution in [2.75, 3.05) is 26.2 Å². The van der Waals surface area contributed by atoms with Crippen molar-refractivity contribution in [1.29, 1.82) is 0 Å². The Labute approximate surface area is 141 Å². The van der Waals surface area contributed by atoms with Crippen molar-refractivity contribution in [1.82, 2.24) is 20.8 Å². The zero-order valence-corrected chi connectivity index (χ0v) is 13.9. The van der Waals surface area contributed by atoms with Crippen LogP contribution in [0.15, 0.2) is 4.42 Å². The van der Waals surface area contributed by atoms with E-state index in [1.807, 2.05) is 0 Å². The fourth-order valence-electron chi connectivity index (χ4n) is 2.74. The Bertz CT molecular complexity index is 503. The van der Waals surface area contributed by atoms with Gasteiger partial charge < -0.3 is 31.6 Å². The maximum absolute atomic E-state index is 12.5. The van der Waals surface area contributed by atoms with Gasteiger partial charge in [0.05, 0.1) is 6.61 Å². The van der Waals surface area contributed by atoms with Crippen molar-refractivity contribution in [3.05, 3.63) is 11.8 Å². The summed E-state index contributed by atoms with van der Waals surface area (Å²) in [5, 5.41) is 23.2. The molecule has 0 radical (unpaired) electrons. The molecule has 9 heteroatoms. The summed E-state index contributed by atoms with van der Waals surface area (Å²) < 4.78 is 5.55. The number of nitrogens with two attached hydrogens (primary N) is 2. The molecule has 2 heterocycles. The van der Waals surface area contributed by atoms with Gasteiger partial charge in [0.25, 0.3) is 0 Å². The van der Waals surface area contributed by atoms with Crippen molar-refractivity contribution in [2.45, 2.75) is 44.2 Å². The van der Waals surface area contributed by atoms with E-state index >= 15 is 0 Å². The Hall–Kier alpha value is -1.55. The highest BCUT2D eigenvalue weighted by molar-refractivity contribution is 5.79. The van der Waals surface area contributed by atoms with Crippen molar-refractivity contribution in [2.24, 2.45) is 17.4 Å². The third kappa shape index (κ3) is 5.23. The van der Waals surface area contributed by atoms with Gasteiger partial charge in [-0.1, -0.05) is 0 Å². The summed E-state index contributed by atoms with van der Waals surface area (Å²) in [6.45, 7) is 2.03. The third-order valence-electron chi connectivity index (χ3n) is 4.24. The molecule has 0 saturated carbocycles. The molecule has 2 rings (SSSR count). The first-order valence-electron chi connectivity index (χ1n) is 8.56. The number of nitrogens with zero attached hydrogens (tertiary/aromatic N) is 2. The molecule has 1 aliphatic heterocycles. The van der Waals surface area contributed by atoms with E-state index in [0.29, 0.717) is 18.9 Å². The molecule has 1 aromatic heterocycles. The summed E-state index contributed by atoms with van der Waals surface area (Å²) in [6.07, 6.45) is 4.02. The van der Waals surface area contributed by atoms with Gasteiger partial charge in [-0.3, -0.25) is 4.79 Å². The lowest BCUT2D eigenvalue weighted by Crippen LogP contribution is -2.39. The topological polar surface area (TPSA) is 152 Å². The zero-order valence-electron chi connectivity index (χ0n) is 13.9. The first-order chi connectivity index (χ1) is 11.7. The zero-order chi connectivity index (χ0) is 17.4. The number of hydrogen-bond acceptors (Lipinski definition) is 8. The van der Waals surface area contributed by atoms with Gasteiger partial charge in [0, 0.05) is 5.92 Å². The molecule has 136 valence electrons. The summed E-state index contributed by atoms with van der Waals surface area (Å²) >= 11 is 0. The third-order valence-corrected chi connectivity index (χ3v) is 4.24. The van der Waals surface area contributed by atoms with Crippen LogP contribution in [-0.2, 0) is 4.79 Å². The summed E-state index contributed by atoms with van der Waals surface area (Å²) in [6, 6.07) is -1.07. The van der Waals surface area contributed by atoms with Gasteiger partial charge in [0.2, 0.25) is 17.7 Å². The molecule has 1 amide bonds. The largest absolute Gasteiger partial charge is 0.421 e. The number of piperidine rings is 1. The smallest absolute Gasteiger partial charge is 0.238 e. The van der Waals surface area contributed by atoms with Crippen LogP contribution in [-0.4, -0.2) is 47.5 Å². The van der Waals surface area contributed by atoms with Gasteiger partial charge in [-0.15, -0.1) is 10.2 Å². The van der Waals surface area contributed by atoms with Gasteiger partial charge >= 0.3 is 0 Å². The van der Waals surface area contributed by atoms with Gasteiger partial charge in [0.15, 0.2) is 0 Å². The Morgan fingerprint density at radius 2 is 2.04 bits per heavy atom. The molecule has 1 saturated heterocycles. The van der Waals surface area contributed by atoms with Crippen LogP contribution in [0.4, 0.5) is 0 Å². The predicted molar refractivity (Wildman–Crippen MR) is 87.7 cm³/mol. The Morgan fingerprint density at radius 3 is 2.71 bits per heavy atom. The van der Waals surface area contributed by atoms with Crippen LogP contribution in [0.1, 0.15) is 56.0 Å². The second kappa shape index (κ2) is 9.67. The van der Waals surface area contributed by atoms with E-state index < -0.39 is 6.04 Å². The Balaban J connectivity index is 2.02. The molecule has 1 aliphatic rings. The van der Waals surface area contributed by atoms with Gasteiger partial charge in [-0.05, 0) is 51.7 Å². The number of carbonyl (C=O) groups is 1. The van der Waals surface area contributed by atoms with Crippen molar-refractivity contribution < 1.29 is 14.3 Å². The predicted octanol–water partition coefficient (Wildman–Crippen LogP) is -0.652. The van der Waals surface area contributed by atoms with E-state index in [0.717, 1.165) is 38.8 Å². The average Bonchev–Trinajstić information content (AvgIpc) is 3.11. The first-order valence-corrected chi connectivity index (χ1v) is 8.56. The number of aliphatic hydroxyl groups is 1. The van der Waals surface area contributed by atoms with Crippen LogP contribution in [0.5, 0.6) is 0 Å². The summed E-state index contributed by atoms with van der Waals surface area (Å²) in [4.78, 5) is 12.5. The lowest BCUT2D eigenvalue weighted by atomic mass is 9.96. The molecule has 0 aliphatic carbocycles. The second-order valence-electron chi connectivity index (χ2n) is 6.14. The number of nitrogens with one attached hydrogen (secondary N) is 2. The minimum Gasteiger partial charge on any atom is -0.421 e. The van der Waals surface area contributed by atoms with Crippen LogP contribution >= 0.6 is 0 Å². The molecular formula is C15H28N6O3. The van der Waals surface area contributed by atoms with E-state index in [2.05, 4.69) is 20.8 Å². The molecule has 1 fully saturated rings. The summed E-state index contributed by atoms with van der Waals surface area (Å²) in [5.74, 6) is 0.520. The van der Waals surface area contributed by atoms with E-state index in [1.54, 1.807) is 0 Å². The number of unbranched alkanes of at least 4 members (excludes halogenated alkanes) is 1. The number of rotatable bonds is 9. The minimum atomic E-state index is -0.712. The van der Waals surface area contributed by atoms with Crippen LogP contribution in [0.2, 0.25) is 0 Å². The molecule has 7 N–H and O–H groups in total. The molecule has 2 atom stereocenters. The van der Waals surface area contributed by atoms with Gasteiger partial charge in [0.1, 0.15) is 12.1 Å². The molecule has 0 aromatic carbocycles. The molecule has 0 spiro atoms. The minimum absolute atomic E-state index is 0.00495.